The maximum Gasteiger partial charge on any atom is 0.332 e. The molecule has 1 fully saturated rings. The van der Waals surface area contributed by atoms with Crippen molar-refractivity contribution in [1.82, 2.24) is 19.0 Å². The van der Waals surface area contributed by atoms with Gasteiger partial charge in [-0.3, -0.25) is 18.7 Å². The van der Waals surface area contributed by atoms with Crippen LogP contribution >= 0.6 is 0 Å². The van der Waals surface area contributed by atoms with Gasteiger partial charge in [-0.15, -0.1) is 0 Å². The van der Waals surface area contributed by atoms with E-state index in [1.807, 2.05) is 6.92 Å². The molecule has 2 aromatic rings. The zero-order chi connectivity index (χ0) is 18.0. The van der Waals surface area contributed by atoms with Gasteiger partial charge in [-0.2, -0.15) is 0 Å². The molecule has 1 aliphatic heterocycles. The molecule has 136 valence electrons. The van der Waals surface area contributed by atoms with Crippen LogP contribution in [0, 0.1) is 0 Å². The molecule has 25 heavy (non-hydrogen) atoms. The molecule has 1 atom stereocenters. The highest BCUT2D eigenvalue weighted by atomic mass is 16.5. The minimum atomic E-state index is -0.345. The number of ether oxygens (including phenoxy) is 1. The second-order valence-corrected chi connectivity index (χ2v) is 6.20. The number of nitrogens with zero attached hydrogens (tertiary/aromatic N) is 3. The highest BCUT2D eigenvalue weighted by Crippen LogP contribution is 2.12. The summed E-state index contributed by atoms with van der Waals surface area (Å²) in [6.45, 7) is 5.66. The van der Waals surface area contributed by atoms with Gasteiger partial charge in [0.1, 0.15) is 12.2 Å². The first-order valence-corrected chi connectivity index (χ1v) is 8.77. The van der Waals surface area contributed by atoms with Crippen molar-refractivity contribution < 1.29 is 9.53 Å². The maximum atomic E-state index is 12.5. The fraction of sp³-hybridized carbons (Fsp3) is 0.588. The van der Waals surface area contributed by atoms with Gasteiger partial charge in [-0.1, -0.05) is 0 Å². The Morgan fingerprint density at radius 1 is 1.28 bits per heavy atom. The van der Waals surface area contributed by atoms with E-state index < -0.39 is 0 Å². The number of amides is 1. The molecule has 1 N–H and O–H groups in total. The molecule has 1 unspecified atom stereocenters. The third kappa shape index (κ3) is 3.26. The number of aromatic nitrogens is 3. The van der Waals surface area contributed by atoms with Gasteiger partial charge in [0.25, 0.3) is 5.56 Å². The Morgan fingerprint density at radius 2 is 2.04 bits per heavy atom. The number of aryl methyl sites for hydroxylation is 1. The molecular weight excluding hydrogens is 324 g/mol. The monoisotopic (exact) mass is 348 g/mol. The normalized spacial score (nSPS) is 17.3. The third-order valence-corrected chi connectivity index (χ3v) is 4.62. The van der Waals surface area contributed by atoms with Crippen molar-refractivity contribution in [3.63, 3.8) is 0 Å². The zero-order valence-electron chi connectivity index (χ0n) is 14.7. The first-order valence-electron chi connectivity index (χ1n) is 8.77. The Hall–Kier alpha value is -2.35. The summed E-state index contributed by atoms with van der Waals surface area (Å²) in [5.74, 6) is -0.164. The van der Waals surface area contributed by atoms with Crippen LogP contribution in [0.5, 0.6) is 0 Å². The smallest absolute Gasteiger partial charge is 0.332 e. The number of rotatable bonds is 6. The van der Waals surface area contributed by atoms with Crippen LogP contribution in [0.3, 0.4) is 0 Å². The van der Waals surface area contributed by atoms with Crippen molar-refractivity contribution in [3.8, 4) is 0 Å². The first-order chi connectivity index (χ1) is 12.1. The average Bonchev–Trinajstić information content (AvgIpc) is 3.24. The predicted octanol–water partition coefficient (Wildman–Crippen LogP) is 0.300. The van der Waals surface area contributed by atoms with E-state index in [0.717, 1.165) is 19.4 Å². The standard InChI is InChI=1S/C17H24N4O4/c1-3-20-15-13(16(23)21(4-2)17(20)24)7-8-19(15)11-14(22)18-10-12-6-5-9-25-12/h7-8,12H,3-6,9-11H2,1-2H3,(H,18,22). The van der Waals surface area contributed by atoms with Gasteiger partial charge in [0.15, 0.2) is 0 Å². The number of carbonyl (C=O) groups excluding carboxylic acids is 1. The minimum Gasteiger partial charge on any atom is -0.376 e. The van der Waals surface area contributed by atoms with Crippen molar-refractivity contribution >= 4 is 16.9 Å². The maximum absolute atomic E-state index is 12.5. The lowest BCUT2D eigenvalue weighted by Crippen LogP contribution is -2.40. The van der Waals surface area contributed by atoms with Crippen molar-refractivity contribution in [2.45, 2.75) is 52.4 Å². The average molecular weight is 348 g/mol. The number of hydrogen-bond acceptors (Lipinski definition) is 4. The van der Waals surface area contributed by atoms with Crippen LogP contribution in [0.4, 0.5) is 0 Å². The Morgan fingerprint density at radius 3 is 2.68 bits per heavy atom. The summed E-state index contributed by atoms with van der Waals surface area (Å²) in [5, 5.41) is 3.32. The lowest BCUT2D eigenvalue weighted by molar-refractivity contribution is -0.122. The lowest BCUT2D eigenvalue weighted by atomic mass is 10.2. The third-order valence-electron chi connectivity index (χ3n) is 4.62. The fourth-order valence-corrected chi connectivity index (χ4v) is 3.34. The van der Waals surface area contributed by atoms with Gasteiger partial charge >= 0.3 is 5.69 Å². The Kier molecular flexibility index (Phi) is 5.08. The van der Waals surface area contributed by atoms with Crippen molar-refractivity contribution in [3.05, 3.63) is 33.1 Å². The second kappa shape index (κ2) is 7.26. The molecule has 8 nitrogen and oxygen atoms in total. The van der Waals surface area contributed by atoms with Crippen LogP contribution < -0.4 is 16.6 Å². The van der Waals surface area contributed by atoms with Gasteiger partial charge in [0.05, 0.1) is 11.5 Å². The van der Waals surface area contributed by atoms with Crippen LogP contribution in [-0.4, -0.2) is 38.9 Å². The largest absolute Gasteiger partial charge is 0.376 e. The molecule has 2 aromatic heterocycles. The molecule has 0 spiro atoms. The van der Waals surface area contributed by atoms with Crippen molar-refractivity contribution in [2.24, 2.45) is 0 Å². The first kappa shape index (κ1) is 17.5. The van der Waals surface area contributed by atoms with Gasteiger partial charge in [-0.25, -0.2) is 4.79 Å². The van der Waals surface area contributed by atoms with Crippen LogP contribution in [-0.2, 0) is 29.2 Å². The molecule has 0 aliphatic carbocycles. The van der Waals surface area contributed by atoms with Gasteiger partial charge in [-0.05, 0) is 32.8 Å². The van der Waals surface area contributed by atoms with E-state index >= 15 is 0 Å². The van der Waals surface area contributed by atoms with Gasteiger partial charge in [0.2, 0.25) is 5.91 Å². The van der Waals surface area contributed by atoms with Crippen LogP contribution in [0.25, 0.3) is 11.0 Å². The Bertz CT molecular complexity index is 886. The molecule has 3 heterocycles. The van der Waals surface area contributed by atoms with E-state index in [2.05, 4.69) is 5.32 Å². The molecule has 0 saturated carbocycles. The van der Waals surface area contributed by atoms with Gasteiger partial charge in [0, 0.05) is 32.4 Å². The topological polar surface area (TPSA) is 87.3 Å². The fourth-order valence-electron chi connectivity index (χ4n) is 3.34. The molecule has 0 radical (unpaired) electrons. The molecule has 1 saturated heterocycles. The van der Waals surface area contributed by atoms with Crippen LogP contribution in [0.15, 0.2) is 21.9 Å². The Balaban J connectivity index is 1.88. The number of carbonyl (C=O) groups is 1. The van der Waals surface area contributed by atoms with E-state index in [0.29, 0.717) is 30.7 Å². The summed E-state index contributed by atoms with van der Waals surface area (Å²) in [6.07, 6.45) is 3.74. The highest BCUT2D eigenvalue weighted by Gasteiger charge is 2.18. The predicted molar refractivity (Wildman–Crippen MR) is 93.8 cm³/mol. The highest BCUT2D eigenvalue weighted by molar-refractivity contribution is 5.80. The van der Waals surface area contributed by atoms with E-state index in [1.165, 1.54) is 9.13 Å². The summed E-state index contributed by atoms with van der Waals surface area (Å²) in [5.41, 5.74) is -0.164. The minimum absolute atomic E-state index is 0.0608. The summed E-state index contributed by atoms with van der Waals surface area (Å²) in [7, 11) is 0. The summed E-state index contributed by atoms with van der Waals surface area (Å²) < 4.78 is 9.90. The summed E-state index contributed by atoms with van der Waals surface area (Å²) in [6, 6.07) is 1.67. The van der Waals surface area contributed by atoms with Crippen molar-refractivity contribution in [1.29, 1.82) is 0 Å². The lowest BCUT2D eigenvalue weighted by Gasteiger charge is -2.14. The van der Waals surface area contributed by atoms with Crippen LogP contribution in [0.2, 0.25) is 0 Å². The number of nitrogens with one attached hydrogen (secondary N) is 1. The molecule has 1 aliphatic rings. The number of hydrogen-bond donors (Lipinski definition) is 1. The Labute approximate surface area is 145 Å². The van der Waals surface area contributed by atoms with Crippen molar-refractivity contribution in [2.75, 3.05) is 13.2 Å². The van der Waals surface area contributed by atoms with E-state index in [1.54, 1.807) is 23.8 Å². The SMILES string of the molecule is CCn1c(=O)c2ccn(CC(=O)NCC3CCCO3)c2n(CC)c1=O. The molecule has 8 heteroatoms. The number of fused-ring (bicyclic) bond motifs is 1. The molecule has 0 bridgehead atoms. The molecule has 0 aromatic carbocycles. The van der Waals surface area contributed by atoms with Gasteiger partial charge < -0.3 is 14.6 Å². The summed E-state index contributed by atoms with van der Waals surface area (Å²) in [4.78, 5) is 37.2. The second-order valence-electron chi connectivity index (χ2n) is 6.20. The summed E-state index contributed by atoms with van der Waals surface area (Å²) >= 11 is 0. The zero-order valence-corrected chi connectivity index (χ0v) is 14.7. The molecule has 3 rings (SSSR count). The van der Waals surface area contributed by atoms with Crippen LogP contribution in [0.1, 0.15) is 26.7 Å². The quantitative estimate of drug-likeness (QED) is 0.813. The molecule has 1 amide bonds. The molecular formula is C17H24N4O4. The van der Waals surface area contributed by atoms with E-state index in [9.17, 15) is 14.4 Å². The van der Waals surface area contributed by atoms with E-state index in [4.69, 9.17) is 4.74 Å². The van der Waals surface area contributed by atoms with E-state index in [-0.39, 0.29) is 29.8 Å².